The minimum atomic E-state index is -0.700. The number of aromatic nitrogens is 2. The van der Waals surface area contributed by atoms with Crippen LogP contribution in [0.4, 0.5) is 5.69 Å². The monoisotopic (exact) mass is 377 g/mol. The van der Waals surface area contributed by atoms with Crippen molar-refractivity contribution >= 4 is 17.6 Å². The van der Waals surface area contributed by atoms with Crippen LogP contribution in [0.2, 0.25) is 0 Å². The van der Waals surface area contributed by atoms with Crippen LogP contribution in [0.3, 0.4) is 0 Å². The van der Waals surface area contributed by atoms with Gasteiger partial charge in [-0.15, -0.1) is 0 Å². The lowest BCUT2D eigenvalue weighted by Gasteiger charge is -2.16. The molecule has 1 atom stereocenters. The summed E-state index contributed by atoms with van der Waals surface area (Å²) in [5, 5.41) is 3.94. The van der Waals surface area contributed by atoms with E-state index in [4.69, 9.17) is 9.26 Å². The molecular weight excluding hydrogens is 358 g/mol. The van der Waals surface area contributed by atoms with Gasteiger partial charge < -0.3 is 14.2 Å². The molecule has 0 unspecified atom stereocenters. The Morgan fingerprint density at radius 1 is 1.18 bits per heavy atom. The highest BCUT2D eigenvalue weighted by molar-refractivity contribution is 5.97. The van der Waals surface area contributed by atoms with Crippen molar-refractivity contribution in [1.82, 2.24) is 10.1 Å². The number of amides is 1. The van der Waals surface area contributed by atoms with Gasteiger partial charge in [-0.05, 0) is 31.5 Å². The Kier molecular flexibility index (Phi) is 4.89. The van der Waals surface area contributed by atoms with Gasteiger partial charge in [0, 0.05) is 24.2 Å². The zero-order valence-electron chi connectivity index (χ0n) is 15.4. The first-order valence-corrected chi connectivity index (χ1v) is 9.12. The molecule has 1 fully saturated rings. The van der Waals surface area contributed by atoms with E-state index in [-0.39, 0.29) is 11.8 Å². The molecule has 1 saturated heterocycles. The molecule has 1 aliphatic rings. The molecule has 0 radical (unpaired) electrons. The van der Waals surface area contributed by atoms with Crippen molar-refractivity contribution in [2.75, 3.05) is 11.4 Å². The summed E-state index contributed by atoms with van der Waals surface area (Å²) in [6.45, 7) is 2.34. The van der Waals surface area contributed by atoms with Gasteiger partial charge in [0.1, 0.15) is 0 Å². The molecule has 1 aromatic heterocycles. The van der Waals surface area contributed by atoms with E-state index in [9.17, 15) is 9.59 Å². The number of carbonyl (C=O) groups is 2. The van der Waals surface area contributed by atoms with Gasteiger partial charge in [-0.25, -0.2) is 4.79 Å². The highest BCUT2D eigenvalue weighted by atomic mass is 16.6. The molecule has 0 N–H and O–H groups in total. The van der Waals surface area contributed by atoms with Gasteiger partial charge in [0.15, 0.2) is 6.10 Å². The maximum atomic E-state index is 12.5. The largest absolute Gasteiger partial charge is 0.449 e. The van der Waals surface area contributed by atoms with E-state index < -0.39 is 12.1 Å². The van der Waals surface area contributed by atoms with Crippen LogP contribution in [0.1, 0.15) is 42.1 Å². The third-order valence-corrected chi connectivity index (χ3v) is 4.57. The van der Waals surface area contributed by atoms with Crippen LogP contribution in [-0.2, 0) is 9.53 Å². The van der Waals surface area contributed by atoms with E-state index in [0.717, 1.165) is 12.0 Å². The highest BCUT2D eigenvalue weighted by Gasteiger charge is 2.24. The third kappa shape index (κ3) is 3.64. The van der Waals surface area contributed by atoms with E-state index in [0.29, 0.717) is 30.0 Å². The van der Waals surface area contributed by atoms with Crippen molar-refractivity contribution in [1.29, 1.82) is 0 Å². The molecule has 0 spiro atoms. The number of carbonyl (C=O) groups excluding carboxylic acids is 2. The molecule has 0 bridgehead atoms. The second-order valence-corrected chi connectivity index (χ2v) is 6.57. The molecule has 2 heterocycles. The van der Waals surface area contributed by atoms with Gasteiger partial charge in [0.05, 0.1) is 5.56 Å². The summed E-state index contributed by atoms with van der Waals surface area (Å²) in [6.07, 6.45) is 0.660. The molecule has 3 aromatic rings. The minimum Gasteiger partial charge on any atom is -0.449 e. The highest BCUT2D eigenvalue weighted by Crippen LogP contribution is 2.25. The van der Waals surface area contributed by atoms with Gasteiger partial charge >= 0.3 is 5.97 Å². The van der Waals surface area contributed by atoms with Crippen LogP contribution in [0.25, 0.3) is 11.4 Å². The normalized spacial score (nSPS) is 14.9. The van der Waals surface area contributed by atoms with Crippen LogP contribution in [0.5, 0.6) is 0 Å². The Morgan fingerprint density at radius 2 is 2.00 bits per heavy atom. The van der Waals surface area contributed by atoms with Crippen LogP contribution in [-0.4, -0.2) is 28.6 Å². The van der Waals surface area contributed by atoms with E-state index in [1.165, 1.54) is 0 Å². The van der Waals surface area contributed by atoms with Crippen LogP contribution in [0.15, 0.2) is 59.1 Å². The van der Waals surface area contributed by atoms with Crippen molar-refractivity contribution in [3.8, 4) is 11.4 Å². The minimum absolute atomic E-state index is 0.0678. The number of esters is 1. The van der Waals surface area contributed by atoms with Crippen LogP contribution >= 0.6 is 0 Å². The summed E-state index contributed by atoms with van der Waals surface area (Å²) in [7, 11) is 0. The summed E-state index contributed by atoms with van der Waals surface area (Å²) in [5.41, 5.74) is 1.89. The molecule has 1 aliphatic heterocycles. The van der Waals surface area contributed by atoms with Gasteiger partial charge in [0.25, 0.3) is 5.89 Å². The van der Waals surface area contributed by atoms with Crippen LogP contribution in [0, 0.1) is 0 Å². The standard InChI is InChI=1S/C21H19N3O4/c1-14(20-22-19(23-28-20)15-7-3-2-4-8-15)27-21(26)16-9-5-10-17(13-16)24-12-6-11-18(24)25/h2-5,7-10,13-14H,6,11-12H2,1H3/t14-/m1/s1. The lowest BCUT2D eigenvalue weighted by Crippen LogP contribution is -2.24. The summed E-state index contributed by atoms with van der Waals surface area (Å²) < 4.78 is 10.7. The molecule has 1 amide bonds. The van der Waals surface area contributed by atoms with Crippen molar-refractivity contribution in [3.05, 3.63) is 66.1 Å². The maximum Gasteiger partial charge on any atom is 0.338 e. The Balaban J connectivity index is 1.46. The van der Waals surface area contributed by atoms with Crippen molar-refractivity contribution in [3.63, 3.8) is 0 Å². The fraction of sp³-hybridized carbons (Fsp3) is 0.238. The predicted octanol–water partition coefficient (Wildman–Crippen LogP) is 3.78. The second kappa shape index (κ2) is 7.64. The fourth-order valence-electron chi connectivity index (χ4n) is 3.11. The molecule has 0 saturated carbocycles. The third-order valence-electron chi connectivity index (χ3n) is 4.57. The summed E-state index contributed by atoms with van der Waals surface area (Å²) >= 11 is 0. The molecular formula is C21H19N3O4. The quantitative estimate of drug-likeness (QED) is 0.629. The zero-order valence-corrected chi connectivity index (χ0v) is 15.4. The van der Waals surface area contributed by atoms with Gasteiger partial charge in [-0.1, -0.05) is 41.6 Å². The number of anilines is 1. The van der Waals surface area contributed by atoms with Gasteiger partial charge in [0.2, 0.25) is 11.7 Å². The predicted molar refractivity (Wildman–Crippen MR) is 102 cm³/mol. The molecule has 7 nitrogen and oxygen atoms in total. The lowest BCUT2D eigenvalue weighted by molar-refractivity contribution is -0.117. The topological polar surface area (TPSA) is 85.5 Å². The first kappa shape index (κ1) is 17.9. The average molecular weight is 377 g/mol. The number of rotatable bonds is 5. The summed E-state index contributed by atoms with van der Waals surface area (Å²) in [4.78, 5) is 30.5. The van der Waals surface area contributed by atoms with E-state index in [1.807, 2.05) is 36.4 Å². The first-order chi connectivity index (χ1) is 13.6. The van der Waals surface area contributed by atoms with Crippen LogP contribution < -0.4 is 4.90 Å². The Bertz CT molecular complexity index is 1000. The van der Waals surface area contributed by atoms with Gasteiger partial charge in [-0.2, -0.15) is 4.98 Å². The number of ether oxygens (including phenoxy) is 1. The Hall–Kier alpha value is -3.48. The van der Waals surface area contributed by atoms with E-state index in [1.54, 1.807) is 30.0 Å². The molecule has 7 heteroatoms. The van der Waals surface area contributed by atoms with Gasteiger partial charge in [-0.3, -0.25) is 4.79 Å². The zero-order chi connectivity index (χ0) is 19.5. The smallest absolute Gasteiger partial charge is 0.338 e. The summed E-state index contributed by atoms with van der Waals surface area (Å²) in [5.74, 6) is 0.213. The molecule has 28 heavy (non-hydrogen) atoms. The second-order valence-electron chi connectivity index (χ2n) is 6.57. The number of hydrogen-bond donors (Lipinski definition) is 0. The van der Waals surface area contributed by atoms with E-state index >= 15 is 0 Å². The fourth-order valence-corrected chi connectivity index (χ4v) is 3.11. The Morgan fingerprint density at radius 3 is 2.75 bits per heavy atom. The SMILES string of the molecule is C[C@@H](OC(=O)c1cccc(N2CCCC2=O)c1)c1nc(-c2ccccc2)no1. The lowest BCUT2D eigenvalue weighted by atomic mass is 10.2. The van der Waals surface area contributed by atoms with Crippen molar-refractivity contribution in [2.45, 2.75) is 25.9 Å². The number of benzene rings is 2. The molecule has 0 aliphatic carbocycles. The average Bonchev–Trinajstić information content (AvgIpc) is 3.38. The number of nitrogens with zero attached hydrogens (tertiary/aromatic N) is 3. The maximum absolute atomic E-state index is 12.5. The molecule has 142 valence electrons. The summed E-state index contributed by atoms with van der Waals surface area (Å²) in [6, 6.07) is 16.3. The van der Waals surface area contributed by atoms with E-state index in [2.05, 4.69) is 10.1 Å². The Labute approximate surface area is 161 Å². The molecule has 4 rings (SSSR count). The van der Waals surface area contributed by atoms with Crippen molar-refractivity contribution < 1.29 is 18.8 Å². The van der Waals surface area contributed by atoms with Crippen molar-refractivity contribution in [2.24, 2.45) is 0 Å². The molecule has 2 aromatic carbocycles. The first-order valence-electron chi connectivity index (χ1n) is 9.12. The number of hydrogen-bond acceptors (Lipinski definition) is 6.